The summed E-state index contributed by atoms with van der Waals surface area (Å²) < 4.78 is 5.49. The number of methoxy groups -OCH3 is 1. The number of carbonyl (C=O) groups excluding carboxylic acids is 1. The van der Waals surface area contributed by atoms with E-state index in [4.69, 9.17) is 27.9 Å². The van der Waals surface area contributed by atoms with Gasteiger partial charge in [-0.2, -0.15) is 0 Å². The first-order valence-corrected chi connectivity index (χ1v) is 17.1. The SMILES string of the molecule is COc1cc(C(=O)O)ccc1NC(=O)[C@@H]1N[C@@H](CC(C)(C)C)[C@@]2(CN(Cc3ccc(C(=O)O)cc3)c3ccc(Cl)cc32)[C@H]1c1cccc(Cl)c1. The van der Waals surface area contributed by atoms with Gasteiger partial charge < -0.3 is 30.5 Å². The number of halogens is 2. The molecule has 50 heavy (non-hydrogen) atoms. The zero-order valence-corrected chi connectivity index (χ0v) is 29.7. The number of fused-ring (bicyclic) bond motifs is 2. The summed E-state index contributed by atoms with van der Waals surface area (Å²) in [6.45, 7) is 7.57. The molecule has 4 aromatic carbocycles. The highest BCUT2D eigenvalue weighted by Crippen LogP contribution is 2.58. The Hall–Kier alpha value is -4.57. The van der Waals surface area contributed by atoms with Gasteiger partial charge in [0.1, 0.15) is 5.75 Å². The highest BCUT2D eigenvalue weighted by atomic mass is 35.5. The fraction of sp³-hybridized carbons (Fsp3) is 0.308. The maximum Gasteiger partial charge on any atom is 0.335 e. The number of nitrogens with zero attached hydrogens (tertiary/aromatic N) is 1. The number of carboxylic acid groups (broad SMARTS) is 2. The average Bonchev–Trinajstić information content (AvgIpc) is 3.54. The van der Waals surface area contributed by atoms with Crippen LogP contribution in [0.2, 0.25) is 10.0 Å². The molecule has 9 nitrogen and oxygen atoms in total. The Morgan fingerprint density at radius 2 is 1.60 bits per heavy atom. The lowest BCUT2D eigenvalue weighted by atomic mass is 9.63. The lowest BCUT2D eigenvalue weighted by Gasteiger charge is -2.40. The second-order valence-corrected chi connectivity index (χ2v) is 15.1. The van der Waals surface area contributed by atoms with E-state index in [-0.39, 0.29) is 34.2 Å². The third-order valence-corrected chi connectivity index (χ3v) is 10.2. The molecule has 1 saturated heterocycles. The number of carbonyl (C=O) groups is 3. The average molecular weight is 717 g/mol. The lowest BCUT2D eigenvalue weighted by molar-refractivity contribution is -0.118. The number of aromatic carboxylic acids is 2. The molecule has 2 aliphatic rings. The molecule has 1 fully saturated rings. The van der Waals surface area contributed by atoms with E-state index in [0.29, 0.717) is 28.8 Å². The molecule has 4 aromatic rings. The van der Waals surface area contributed by atoms with Crippen molar-refractivity contribution in [1.29, 1.82) is 0 Å². The van der Waals surface area contributed by atoms with E-state index in [9.17, 15) is 24.6 Å². The van der Waals surface area contributed by atoms with Gasteiger partial charge in [0.25, 0.3) is 0 Å². The van der Waals surface area contributed by atoms with Crippen LogP contribution in [0.5, 0.6) is 5.75 Å². The largest absolute Gasteiger partial charge is 0.495 e. The predicted molar refractivity (Wildman–Crippen MR) is 195 cm³/mol. The van der Waals surface area contributed by atoms with Crippen LogP contribution in [-0.4, -0.2) is 53.8 Å². The molecule has 0 aliphatic carbocycles. The topological polar surface area (TPSA) is 128 Å². The molecule has 6 rings (SSSR count). The van der Waals surface area contributed by atoms with Gasteiger partial charge >= 0.3 is 11.9 Å². The van der Waals surface area contributed by atoms with E-state index in [0.717, 1.165) is 28.8 Å². The van der Waals surface area contributed by atoms with Gasteiger partial charge in [-0.05, 0) is 89.2 Å². The van der Waals surface area contributed by atoms with Crippen molar-refractivity contribution in [3.05, 3.63) is 123 Å². The quantitative estimate of drug-likeness (QED) is 0.138. The van der Waals surface area contributed by atoms with Gasteiger partial charge in [-0.3, -0.25) is 4.79 Å². The summed E-state index contributed by atoms with van der Waals surface area (Å²) in [5.41, 5.74) is 3.62. The second kappa shape index (κ2) is 13.6. The van der Waals surface area contributed by atoms with Gasteiger partial charge in [0.05, 0.1) is 30.0 Å². The second-order valence-electron chi connectivity index (χ2n) is 14.3. The van der Waals surface area contributed by atoms with Crippen molar-refractivity contribution in [3.8, 4) is 5.75 Å². The molecule has 0 saturated carbocycles. The molecule has 0 aromatic heterocycles. The number of carboxylic acids is 2. The summed E-state index contributed by atoms with van der Waals surface area (Å²) in [6, 6.07) is 23.8. The molecule has 4 N–H and O–H groups in total. The molecule has 4 atom stereocenters. The summed E-state index contributed by atoms with van der Waals surface area (Å²) in [6.07, 6.45) is 0.720. The molecular formula is C39H39Cl2N3O6. The molecule has 0 radical (unpaired) electrons. The summed E-state index contributed by atoms with van der Waals surface area (Å²) in [5.74, 6) is -2.59. The third kappa shape index (κ3) is 6.77. The first-order chi connectivity index (χ1) is 23.7. The van der Waals surface area contributed by atoms with Crippen LogP contribution in [0.1, 0.15) is 70.5 Å². The van der Waals surface area contributed by atoms with Crippen molar-refractivity contribution in [2.24, 2.45) is 5.41 Å². The summed E-state index contributed by atoms with van der Waals surface area (Å²) >= 11 is 13.4. The maximum absolute atomic E-state index is 14.6. The number of hydrogen-bond acceptors (Lipinski definition) is 6. The van der Waals surface area contributed by atoms with Crippen LogP contribution in [-0.2, 0) is 16.8 Å². The minimum atomic E-state index is -1.10. The first-order valence-electron chi connectivity index (χ1n) is 16.3. The zero-order chi connectivity index (χ0) is 36.0. The number of ether oxygens (including phenoxy) is 1. The van der Waals surface area contributed by atoms with Crippen LogP contribution in [0.3, 0.4) is 0 Å². The minimum Gasteiger partial charge on any atom is -0.495 e. The van der Waals surface area contributed by atoms with Crippen molar-refractivity contribution in [2.45, 2.75) is 57.2 Å². The Morgan fingerprint density at radius 3 is 2.24 bits per heavy atom. The predicted octanol–water partition coefficient (Wildman–Crippen LogP) is 7.86. The van der Waals surface area contributed by atoms with Gasteiger partial charge in [-0.15, -0.1) is 0 Å². The summed E-state index contributed by atoms with van der Waals surface area (Å²) in [7, 11) is 1.43. The molecule has 0 bridgehead atoms. The third-order valence-electron chi connectivity index (χ3n) is 9.73. The normalized spacial score (nSPS) is 21.2. The van der Waals surface area contributed by atoms with E-state index < -0.39 is 29.3 Å². The van der Waals surface area contributed by atoms with Crippen LogP contribution in [0.4, 0.5) is 11.4 Å². The molecule has 260 valence electrons. The van der Waals surface area contributed by atoms with Crippen LogP contribution in [0, 0.1) is 5.41 Å². The highest BCUT2D eigenvalue weighted by molar-refractivity contribution is 6.31. The molecule has 1 spiro atoms. The first kappa shape index (κ1) is 35.3. The van der Waals surface area contributed by atoms with Gasteiger partial charge in [0.2, 0.25) is 5.91 Å². The fourth-order valence-electron chi connectivity index (χ4n) is 7.71. The van der Waals surface area contributed by atoms with E-state index in [1.807, 2.05) is 54.6 Å². The fourth-order valence-corrected chi connectivity index (χ4v) is 8.08. The Labute approximate surface area is 301 Å². The molecule has 2 heterocycles. The smallest absolute Gasteiger partial charge is 0.335 e. The van der Waals surface area contributed by atoms with Gasteiger partial charge in [-0.25, -0.2) is 9.59 Å². The van der Waals surface area contributed by atoms with Crippen LogP contribution >= 0.6 is 23.2 Å². The van der Waals surface area contributed by atoms with E-state index >= 15 is 0 Å². The molecule has 2 aliphatic heterocycles. The number of nitrogens with one attached hydrogen (secondary N) is 2. The standard InChI is InChI=1S/C39H39Cl2N3O6/c1-38(2,3)19-32-39(21-44(30-15-13-27(41)18-28(30)39)20-22-8-10-23(11-9-22)36(46)47)33(24-6-5-7-26(40)16-24)34(43-32)35(45)42-29-14-12-25(37(48)49)17-31(29)50-4/h5-18,32-34,43H,19-21H2,1-4H3,(H,42,45)(H,46,47)(H,48,49)/t32-,33-,34+,39-/m0/s1. The molecule has 0 unspecified atom stereocenters. The van der Waals surface area contributed by atoms with E-state index in [2.05, 4.69) is 36.3 Å². The van der Waals surface area contributed by atoms with Gasteiger partial charge in [0, 0.05) is 46.2 Å². The number of hydrogen-bond donors (Lipinski definition) is 4. The maximum atomic E-state index is 14.6. The van der Waals surface area contributed by atoms with Crippen molar-refractivity contribution in [3.63, 3.8) is 0 Å². The highest BCUT2D eigenvalue weighted by Gasteiger charge is 2.62. The Bertz CT molecular complexity index is 1960. The van der Waals surface area contributed by atoms with Crippen LogP contribution in [0.25, 0.3) is 0 Å². The van der Waals surface area contributed by atoms with Gasteiger partial charge in [-0.1, -0.05) is 68.2 Å². The number of anilines is 2. The molecule has 11 heteroatoms. The van der Waals surface area contributed by atoms with E-state index in [1.54, 1.807) is 12.1 Å². The summed E-state index contributed by atoms with van der Waals surface area (Å²) in [4.78, 5) is 40.1. The number of rotatable bonds is 9. The Balaban J connectivity index is 1.49. The zero-order valence-electron chi connectivity index (χ0n) is 28.2. The van der Waals surface area contributed by atoms with Crippen molar-refractivity contribution >= 4 is 52.4 Å². The summed E-state index contributed by atoms with van der Waals surface area (Å²) in [5, 5.41) is 26.9. The van der Waals surface area contributed by atoms with Crippen molar-refractivity contribution in [2.75, 3.05) is 23.9 Å². The van der Waals surface area contributed by atoms with E-state index in [1.165, 1.54) is 25.3 Å². The number of benzene rings is 4. The monoisotopic (exact) mass is 715 g/mol. The lowest BCUT2D eigenvalue weighted by Crippen LogP contribution is -2.48. The van der Waals surface area contributed by atoms with Gasteiger partial charge in [0.15, 0.2) is 0 Å². The van der Waals surface area contributed by atoms with Crippen LogP contribution < -0.4 is 20.3 Å². The minimum absolute atomic E-state index is 0.0389. The Morgan fingerprint density at radius 1 is 0.920 bits per heavy atom. The molecular weight excluding hydrogens is 677 g/mol. The Kier molecular flexibility index (Phi) is 9.61. The van der Waals surface area contributed by atoms with Crippen molar-refractivity contribution < 1.29 is 29.3 Å². The van der Waals surface area contributed by atoms with Crippen molar-refractivity contribution in [1.82, 2.24) is 5.32 Å². The number of amides is 1. The molecule has 1 amide bonds. The van der Waals surface area contributed by atoms with Crippen LogP contribution in [0.15, 0.2) is 84.9 Å².